The fourth-order valence-corrected chi connectivity index (χ4v) is 4.08. The lowest BCUT2D eigenvalue weighted by molar-refractivity contribution is 0.0785. The number of ether oxygens (including phenoxy) is 1. The molecule has 0 saturated carbocycles. The van der Waals surface area contributed by atoms with Crippen molar-refractivity contribution in [3.63, 3.8) is 0 Å². The molecule has 2 aromatic carbocycles. The fourth-order valence-electron chi connectivity index (χ4n) is 3.02. The van der Waals surface area contributed by atoms with E-state index in [-0.39, 0.29) is 23.5 Å². The maximum absolute atomic E-state index is 12.6. The molecule has 0 aliphatic carbocycles. The monoisotopic (exact) mass is 388 g/mol. The molecule has 6 nitrogen and oxygen atoms in total. The topological polar surface area (TPSA) is 75.7 Å². The Balaban J connectivity index is 1.62. The largest absolute Gasteiger partial charge is 0.377 e. The van der Waals surface area contributed by atoms with E-state index in [1.54, 1.807) is 24.1 Å². The van der Waals surface area contributed by atoms with Crippen LogP contribution >= 0.6 is 0 Å². The summed E-state index contributed by atoms with van der Waals surface area (Å²) in [6, 6.07) is 15.7. The molecule has 1 fully saturated rings. The third-order valence-electron chi connectivity index (χ3n) is 4.55. The molecule has 144 valence electrons. The number of hydrogen-bond donors (Lipinski definition) is 1. The zero-order valence-corrected chi connectivity index (χ0v) is 16.1. The zero-order valence-electron chi connectivity index (χ0n) is 15.3. The van der Waals surface area contributed by atoms with Crippen LogP contribution in [0.5, 0.6) is 0 Å². The summed E-state index contributed by atoms with van der Waals surface area (Å²) < 4.78 is 32.8. The second-order valence-corrected chi connectivity index (χ2v) is 8.43. The third kappa shape index (κ3) is 5.15. The summed E-state index contributed by atoms with van der Waals surface area (Å²) in [4.78, 5) is 14.3. The molecule has 3 rings (SSSR count). The molecule has 1 N–H and O–H groups in total. The van der Waals surface area contributed by atoms with E-state index >= 15 is 0 Å². The minimum atomic E-state index is -3.61. The SMILES string of the molecule is CN(Cc1ccccc1)C(=O)c1ccc(S(=O)(=O)NCC2CCCO2)cc1. The smallest absolute Gasteiger partial charge is 0.253 e. The average molecular weight is 388 g/mol. The van der Waals surface area contributed by atoms with Gasteiger partial charge in [0, 0.05) is 32.3 Å². The number of sulfonamides is 1. The molecule has 0 bridgehead atoms. The van der Waals surface area contributed by atoms with E-state index in [1.165, 1.54) is 12.1 Å². The average Bonchev–Trinajstić information content (AvgIpc) is 3.20. The van der Waals surface area contributed by atoms with Gasteiger partial charge in [0.05, 0.1) is 11.0 Å². The Morgan fingerprint density at radius 3 is 2.48 bits per heavy atom. The lowest BCUT2D eigenvalue weighted by atomic mass is 10.1. The molecule has 1 heterocycles. The molecule has 0 aromatic heterocycles. The van der Waals surface area contributed by atoms with Crippen molar-refractivity contribution in [3.05, 3.63) is 65.7 Å². The second-order valence-electron chi connectivity index (χ2n) is 6.66. The van der Waals surface area contributed by atoms with E-state index in [4.69, 9.17) is 4.74 Å². The van der Waals surface area contributed by atoms with Crippen molar-refractivity contribution < 1.29 is 17.9 Å². The highest BCUT2D eigenvalue weighted by atomic mass is 32.2. The van der Waals surface area contributed by atoms with Crippen LogP contribution in [0.1, 0.15) is 28.8 Å². The number of hydrogen-bond acceptors (Lipinski definition) is 4. The standard InChI is InChI=1S/C20H24N2O4S/c1-22(15-16-6-3-2-4-7-16)20(23)17-9-11-19(12-10-17)27(24,25)21-14-18-8-5-13-26-18/h2-4,6-7,9-12,18,21H,5,8,13-15H2,1H3. The van der Waals surface area contributed by atoms with Gasteiger partial charge in [-0.15, -0.1) is 0 Å². The van der Waals surface area contributed by atoms with Crippen LogP contribution in [-0.4, -0.2) is 45.5 Å². The van der Waals surface area contributed by atoms with Crippen LogP contribution in [0, 0.1) is 0 Å². The van der Waals surface area contributed by atoms with Gasteiger partial charge >= 0.3 is 0 Å². The minimum absolute atomic E-state index is 0.0627. The zero-order chi connectivity index (χ0) is 19.3. The maximum Gasteiger partial charge on any atom is 0.253 e. The third-order valence-corrected chi connectivity index (χ3v) is 5.99. The Bertz CT molecular complexity index is 861. The summed E-state index contributed by atoms with van der Waals surface area (Å²) >= 11 is 0. The van der Waals surface area contributed by atoms with Crippen LogP contribution in [0.2, 0.25) is 0 Å². The number of carbonyl (C=O) groups excluding carboxylic acids is 1. The van der Waals surface area contributed by atoms with Gasteiger partial charge in [0.1, 0.15) is 0 Å². The number of nitrogens with zero attached hydrogens (tertiary/aromatic N) is 1. The van der Waals surface area contributed by atoms with Gasteiger partial charge in [0.2, 0.25) is 10.0 Å². The molecule has 1 aliphatic heterocycles. The van der Waals surface area contributed by atoms with Crippen molar-refractivity contribution in [2.45, 2.75) is 30.4 Å². The highest BCUT2D eigenvalue weighted by Crippen LogP contribution is 2.15. The first-order valence-electron chi connectivity index (χ1n) is 8.96. The van der Waals surface area contributed by atoms with Crippen LogP contribution in [0.3, 0.4) is 0 Å². The van der Waals surface area contributed by atoms with Crippen molar-refractivity contribution in [3.8, 4) is 0 Å². The van der Waals surface area contributed by atoms with Gasteiger partial charge in [-0.25, -0.2) is 13.1 Å². The van der Waals surface area contributed by atoms with Gasteiger partial charge in [0.25, 0.3) is 5.91 Å². The van der Waals surface area contributed by atoms with Gasteiger partial charge in [-0.3, -0.25) is 4.79 Å². The van der Waals surface area contributed by atoms with Crippen LogP contribution < -0.4 is 4.72 Å². The lowest BCUT2D eigenvalue weighted by Gasteiger charge is -2.17. The number of benzene rings is 2. The number of carbonyl (C=O) groups is 1. The predicted molar refractivity (Wildman–Crippen MR) is 103 cm³/mol. The Kier molecular flexibility index (Phi) is 6.26. The summed E-state index contributed by atoms with van der Waals surface area (Å²) in [5.74, 6) is -0.157. The van der Waals surface area contributed by atoms with E-state index in [0.29, 0.717) is 18.7 Å². The summed E-state index contributed by atoms with van der Waals surface area (Å²) in [6.07, 6.45) is 1.76. The molecule has 0 spiro atoms. The van der Waals surface area contributed by atoms with Gasteiger partial charge in [-0.2, -0.15) is 0 Å². The van der Waals surface area contributed by atoms with Crippen molar-refractivity contribution in [2.24, 2.45) is 0 Å². The predicted octanol–water partition coefficient (Wildman–Crippen LogP) is 2.42. The molecule has 1 amide bonds. The van der Waals surface area contributed by atoms with Crippen LogP contribution in [0.25, 0.3) is 0 Å². The lowest BCUT2D eigenvalue weighted by Crippen LogP contribution is -2.32. The highest BCUT2D eigenvalue weighted by Gasteiger charge is 2.21. The molecule has 27 heavy (non-hydrogen) atoms. The first kappa shape index (κ1) is 19.5. The minimum Gasteiger partial charge on any atom is -0.377 e. The molecular formula is C20H24N2O4S. The van der Waals surface area contributed by atoms with E-state index in [9.17, 15) is 13.2 Å². The van der Waals surface area contributed by atoms with Crippen LogP contribution in [0.4, 0.5) is 0 Å². The normalized spacial score (nSPS) is 17.0. The first-order chi connectivity index (χ1) is 13.0. The number of rotatable bonds is 7. The molecule has 1 unspecified atom stereocenters. The molecule has 2 aromatic rings. The summed E-state index contributed by atoms with van der Waals surface area (Å²) in [7, 11) is -1.89. The molecule has 1 saturated heterocycles. The molecule has 1 atom stereocenters. The Hall–Kier alpha value is -2.22. The maximum atomic E-state index is 12.6. The van der Waals surface area contributed by atoms with E-state index < -0.39 is 10.0 Å². The van der Waals surface area contributed by atoms with E-state index in [0.717, 1.165) is 18.4 Å². The Labute approximate surface area is 160 Å². The summed E-state index contributed by atoms with van der Waals surface area (Å²) in [5.41, 5.74) is 1.48. The molecule has 1 aliphatic rings. The van der Waals surface area contributed by atoms with Gasteiger partial charge in [0.15, 0.2) is 0 Å². The van der Waals surface area contributed by atoms with Crippen LogP contribution in [-0.2, 0) is 21.3 Å². The van der Waals surface area contributed by atoms with Gasteiger partial charge in [-0.05, 0) is 42.7 Å². The first-order valence-corrected chi connectivity index (χ1v) is 10.4. The van der Waals surface area contributed by atoms with Crippen molar-refractivity contribution >= 4 is 15.9 Å². The summed E-state index contributed by atoms with van der Waals surface area (Å²) in [6.45, 7) is 1.44. The quantitative estimate of drug-likeness (QED) is 0.790. The molecular weight excluding hydrogens is 364 g/mol. The van der Waals surface area contributed by atoms with Gasteiger partial charge in [-0.1, -0.05) is 30.3 Å². The van der Waals surface area contributed by atoms with E-state index in [2.05, 4.69) is 4.72 Å². The number of amides is 1. The van der Waals surface area contributed by atoms with Crippen molar-refractivity contribution in [1.29, 1.82) is 0 Å². The fraction of sp³-hybridized carbons (Fsp3) is 0.350. The summed E-state index contributed by atoms with van der Waals surface area (Å²) in [5, 5.41) is 0. The van der Waals surface area contributed by atoms with Crippen LogP contribution in [0.15, 0.2) is 59.5 Å². The van der Waals surface area contributed by atoms with Crippen molar-refractivity contribution in [2.75, 3.05) is 20.2 Å². The Morgan fingerprint density at radius 1 is 1.15 bits per heavy atom. The highest BCUT2D eigenvalue weighted by molar-refractivity contribution is 7.89. The number of nitrogens with one attached hydrogen (secondary N) is 1. The second kappa shape index (κ2) is 8.65. The molecule has 7 heteroatoms. The molecule has 0 radical (unpaired) electrons. The van der Waals surface area contributed by atoms with E-state index in [1.807, 2.05) is 30.3 Å². The van der Waals surface area contributed by atoms with Gasteiger partial charge < -0.3 is 9.64 Å². The van der Waals surface area contributed by atoms with Crippen molar-refractivity contribution in [1.82, 2.24) is 9.62 Å². The Morgan fingerprint density at radius 2 is 1.85 bits per heavy atom.